The van der Waals surface area contributed by atoms with Gasteiger partial charge < -0.3 is 9.47 Å². The molecule has 0 radical (unpaired) electrons. The maximum Gasteiger partial charge on any atom is 0.443 e. The Morgan fingerprint density at radius 3 is 1.74 bits per heavy atom. The summed E-state index contributed by atoms with van der Waals surface area (Å²) in [6.45, 7) is 3.94. The van der Waals surface area contributed by atoms with Gasteiger partial charge in [-0.05, 0) is 37.4 Å². The molecule has 0 saturated carbocycles. The summed E-state index contributed by atoms with van der Waals surface area (Å²) in [4.78, 5) is 11.2. The second-order valence-electron chi connectivity index (χ2n) is 5.56. The van der Waals surface area contributed by atoms with E-state index in [1.165, 1.54) is 6.92 Å². The van der Waals surface area contributed by atoms with Crippen molar-refractivity contribution < 1.29 is 66.6 Å². The average Bonchev–Trinajstić information content (AvgIpc) is 2.50. The minimum Gasteiger partial charge on any atom is -0.433 e. The van der Waals surface area contributed by atoms with Crippen molar-refractivity contribution in [2.24, 2.45) is 0 Å². The second-order valence-corrected chi connectivity index (χ2v) is 10.9. The van der Waals surface area contributed by atoms with Crippen LogP contribution in [-0.2, 0) is 24.1 Å². The van der Waals surface area contributed by atoms with Gasteiger partial charge in [0.1, 0.15) is 0 Å². The van der Waals surface area contributed by atoms with Gasteiger partial charge in [0.15, 0.2) is 10.2 Å². The molecule has 0 saturated heterocycles. The van der Waals surface area contributed by atoms with Crippen molar-refractivity contribution in [2.75, 3.05) is 6.61 Å². The van der Waals surface area contributed by atoms with Gasteiger partial charge in [0.2, 0.25) is 9.84 Å². The van der Waals surface area contributed by atoms with Crippen molar-refractivity contribution in [3.05, 3.63) is 12.2 Å². The quantitative estimate of drug-likeness (QED) is 0.154. The van der Waals surface area contributed by atoms with Gasteiger partial charge in [-0.1, -0.05) is 6.58 Å². The number of rotatable bonds is 11. The minimum absolute atomic E-state index is 0.145. The Hall–Kier alpha value is -0.880. The zero-order chi connectivity index (χ0) is 25.1. The summed E-state index contributed by atoms with van der Waals surface area (Å²) < 4.78 is 158. The van der Waals surface area contributed by atoms with Gasteiger partial charge in [-0.3, -0.25) is 0 Å². The zero-order valence-electron chi connectivity index (χ0n) is 15.3. The van der Waals surface area contributed by atoms with Crippen molar-refractivity contribution in [3.63, 3.8) is 0 Å². The molecule has 0 spiro atoms. The van der Waals surface area contributed by atoms with Crippen LogP contribution in [0.15, 0.2) is 12.2 Å². The number of carbonyl (C=O) groups excluding carboxylic acids is 1. The third-order valence-corrected chi connectivity index (χ3v) is 8.00. The lowest BCUT2D eigenvalue weighted by atomic mass is 10.2. The predicted octanol–water partition coefficient (Wildman–Crippen LogP) is 5.29. The topological polar surface area (TPSA) is 69.7 Å². The monoisotopic (exact) mass is 536 g/mol. The minimum atomic E-state index is -7.06. The van der Waals surface area contributed by atoms with Crippen molar-refractivity contribution >= 4 is 39.3 Å². The van der Waals surface area contributed by atoms with E-state index in [2.05, 4.69) is 16.1 Å². The van der Waals surface area contributed by atoms with Gasteiger partial charge in [0.05, 0.1) is 6.61 Å². The first kappa shape index (κ1) is 30.1. The molecular weight excluding hydrogens is 522 g/mol. The van der Waals surface area contributed by atoms with Crippen molar-refractivity contribution in [1.29, 1.82) is 0 Å². The number of hydrogen-bond donors (Lipinski definition) is 0. The Kier molecular flexibility index (Phi) is 10.1. The zero-order valence-corrected chi connectivity index (χ0v) is 17.8. The van der Waals surface area contributed by atoms with Crippen LogP contribution >= 0.6 is 23.5 Å². The molecule has 31 heavy (non-hydrogen) atoms. The van der Waals surface area contributed by atoms with Crippen molar-refractivity contribution in [1.82, 2.24) is 0 Å². The van der Waals surface area contributed by atoms with Crippen LogP contribution in [0.5, 0.6) is 0 Å². The molecule has 0 aliphatic rings. The number of carbonyl (C=O) groups is 1. The number of hydrogen-bond acceptors (Lipinski definition) is 7. The standard InChI is InChI=1S/C13H14F10O5S3/c1-6(2)8(24)28-7(3)27-5-4-10(14,15)11(16,17)31(25,26)9(29-12(18,19)20)30-13(21,22)23/h7,9H,1,4-5H2,2-3H3. The highest BCUT2D eigenvalue weighted by Gasteiger charge is 2.68. The average molecular weight is 536 g/mol. The molecular formula is C13H14F10O5S3. The van der Waals surface area contributed by atoms with Crippen LogP contribution in [-0.4, -0.2) is 53.4 Å². The highest BCUT2D eigenvalue weighted by molar-refractivity contribution is 8.30. The van der Waals surface area contributed by atoms with Crippen LogP contribution in [0.25, 0.3) is 0 Å². The maximum atomic E-state index is 14.0. The van der Waals surface area contributed by atoms with E-state index in [1.807, 2.05) is 0 Å². The molecule has 0 aliphatic carbocycles. The summed E-state index contributed by atoms with van der Waals surface area (Å²) in [6, 6.07) is 0. The van der Waals surface area contributed by atoms with Crippen molar-refractivity contribution in [2.45, 2.75) is 52.7 Å². The van der Waals surface area contributed by atoms with Crippen LogP contribution < -0.4 is 0 Å². The van der Waals surface area contributed by atoms with Gasteiger partial charge in [-0.25, -0.2) is 13.2 Å². The molecule has 0 heterocycles. The van der Waals surface area contributed by atoms with Crippen LogP contribution in [0, 0.1) is 0 Å². The maximum absolute atomic E-state index is 14.0. The summed E-state index contributed by atoms with van der Waals surface area (Å²) in [7, 11) is -7.06. The fourth-order valence-corrected chi connectivity index (χ4v) is 5.92. The molecule has 184 valence electrons. The first-order valence-corrected chi connectivity index (χ1v) is 10.8. The molecule has 1 atom stereocenters. The van der Waals surface area contributed by atoms with Gasteiger partial charge in [0.25, 0.3) is 0 Å². The van der Waals surface area contributed by atoms with Crippen LogP contribution in [0.3, 0.4) is 0 Å². The Balaban J connectivity index is 5.54. The van der Waals surface area contributed by atoms with E-state index in [1.54, 1.807) is 0 Å². The highest BCUT2D eigenvalue weighted by atomic mass is 32.3. The van der Waals surface area contributed by atoms with E-state index in [0.29, 0.717) is 0 Å². The van der Waals surface area contributed by atoms with Crippen molar-refractivity contribution in [3.8, 4) is 0 Å². The van der Waals surface area contributed by atoms with E-state index < -0.39 is 84.8 Å². The molecule has 0 aromatic rings. The highest BCUT2D eigenvalue weighted by Crippen LogP contribution is 2.53. The molecule has 18 heteroatoms. The molecule has 0 amide bonds. The first-order chi connectivity index (χ1) is 13.5. The fourth-order valence-electron chi connectivity index (χ4n) is 1.48. The molecule has 0 rings (SSSR count). The van der Waals surface area contributed by atoms with Crippen LogP contribution in [0.2, 0.25) is 0 Å². The number of esters is 1. The van der Waals surface area contributed by atoms with E-state index in [9.17, 15) is 57.1 Å². The number of alkyl halides is 10. The molecule has 0 N–H and O–H groups in total. The summed E-state index contributed by atoms with van der Waals surface area (Å²) in [5.74, 6) is -6.69. The summed E-state index contributed by atoms with van der Waals surface area (Å²) in [5, 5.41) is -6.33. The van der Waals surface area contributed by atoms with Crippen LogP contribution in [0.4, 0.5) is 43.9 Å². The Bertz CT molecular complexity index is 732. The van der Waals surface area contributed by atoms with E-state index in [4.69, 9.17) is 0 Å². The Labute approximate surface area is 177 Å². The molecule has 0 fully saturated rings. The first-order valence-electron chi connectivity index (χ1n) is 7.50. The third-order valence-electron chi connectivity index (χ3n) is 2.89. The second kappa shape index (κ2) is 10.4. The molecule has 1 unspecified atom stereocenters. The Morgan fingerprint density at radius 2 is 1.39 bits per heavy atom. The number of ether oxygens (including phenoxy) is 2. The molecule has 0 aromatic carbocycles. The predicted molar refractivity (Wildman–Crippen MR) is 90.8 cm³/mol. The van der Waals surface area contributed by atoms with E-state index in [0.717, 1.165) is 6.92 Å². The lowest BCUT2D eigenvalue weighted by molar-refractivity contribution is -0.190. The van der Waals surface area contributed by atoms with Gasteiger partial charge >= 0.3 is 28.2 Å². The summed E-state index contributed by atoms with van der Waals surface area (Å²) >= 11 is -4.08. The normalized spacial score (nSPS) is 15.1. The molecule has 0 aromatic heterocycles. The smallest absolute Gasteiger partial charge is 0.433 e. The lowest BCUT2D eigenvalue weighted by Crippen LogP contribution is -2.50. The van der Waals surface area contributed by atoms with Gasteiger partial charge in [0, 0.05) is 12.0 Å². The number of sulfone groups is 1. The van der Waals surface area contributed by atoms with E-state index >= 15 is 0 Å². The van der Waals surface area contributed by atoms with Gasteiger partial charge in [-0.2, -0.15) is 43.9 Å². The largest absolute Gasteiger partial charge is 0.443 e. The number of halogens is 10. The third kappa shape index (κ3) is 9.25. The summed E-state index contributed by atoms with van der Waals surface area (Å²) in [5.41, 5.74) is -11.7. The lowest BCUT2D eigenvalue weighted by Gasteiger charge is -2.30. The van der Waals surface area contributed by atoms with Crippen LogP contribution in [0.1, 0.15) is 20.3 Å². The van der Waals surface area contributed by atoms with E-state index in [-0.39, 0.29) is 5.57 Å². The molecule has 0 aliphatic heterocycles. The molecule has 5 nitrogen and oxygen atoms in total. The van der Waals surface area contributed by atoms with Gasteiger partial charge in [-0.15, -0.1) is 0 Å². The fraction of sp³-hybridized carbons (Fsp3) is 0.769. The number of thioether (sulfide) groups is 2. The SMILES string of the molecule is C=C(C)C(=O)OC(C)OCCC(F)(F)C(F)(F)S(=O)(=O)C(SC(F)(F)F)SC(F)(F)F. The molecule has 0 bridgehead atoms. The summed E-state index contributed by atoms with van der Waals surface area (Å²) in [6.07, 6.45) is -3.74. The Morgan fingerprint density at radius 1 is 0.968 bits per heavy atom.